The summed E-state index contributed by atoms with van der Waals surface area (Å²) in [6, 6.07) is 7.17. The van der Waals surface area contributed by atoms with E-state index in [2.05, 4.69) is 11.1 Å². The Bertz CT molecular complexity index is 633. The van der Waals surface area contributed by atoms with Crippen molar-refractivity contribution in [3.05, 3.63) is 51.2 Å². The van der Waals surface area contributed by atoms with Gasteiger partial charge in [-0.2, -0.15) is 5.26 Å². The third kappa shape index (κ3) is 2.59. The lowest BCUT2D eigenvalue weighted by Crippen LogP contribution is -1.91. The van der Waals surface area contributed by atoms with E-state index in [1.807, 2.05) is 0 Å². The molecule has 1 aromatic carbocycles. The van der Waals surface area contributed by atoms with Gasteiger partial charge in [-0.25, -0.2) is 0 Å². The van der Waals surface area contributed by atoms with Gasteiger partial charge in [-0.15, -0.1) is 0 Å². The highest BCUT2D eigenvalue weighted by Gasteiger charge is 2.11. The minimum absolute atomic E-state index is 0.286. The summed E-state index contributed by atoms with van der Waals surface area (Å²) in [5.74, 6) is 0. The van der Waals surface area contributed by atoms with Crippen molar-refractivity contribution in [3.63, 3.8) is 0 Å². The third-order valence-electron chi connectivity index (χ3n) is 2.48. The molecule has 2 nitrogen and oxygen atoms in total. The topological polar surface area (TPSA) is 36.7 Å². The Morgan fingerprint density at radius 3 is 2.50 bits per heavy atom. The van der Waals surface area contributed by atoms with Crippen LogP contribution in [0.25, 0.3) is 11.1 Å². The van der Waals surface area contributed by atoms with Crippen molar-refractivity contribution in [1.82, 2.24) is 4.98 Å². The number of hydrogen-bond acceptors (Lipinski definition) is 2. The van der Waals surface area contributed by atoms with Gasteiger partial charge in [0.15, 0.2) is 0 Å². The van der Waals surface area contributed by atoms with E-state index in [4.69, 9.17) is 40.1 Å². The van der Waals surface area contributed by atoms with Gasteiger partial charge in [-0.05, 0) is 23.8 Å². The summed E-state index contributed by atoms with van der Waals surface area (Å²) in [4.78, 5) is 4.05. The number of benzene rings is 1. The summed E-state index contributed by atoms with van der Waals surface area (Å²) in [7, 11) is 0. The van der Waals surface area contributed by atoms with Crippen molar-refractivity contribution in [1.29, 1.82) is 5.26 Å². The van der Waals surface area contributed by atoms with Gasteiger partial charge < -0.3 is 0 Å². The number of hydrogen-bond donors (Lipinski definition) is 0. The normalized spacial score (nSPS) is 10.1. The first-order valence-corrected chi connectivity index (χ1v) is 6.21. The van der Waals surface area contributed by atoms with Crippen LogP contribution < -0.4 is 0 Å². The first-order valence-electron chi connectivity index (χ1n) is 5.08. The Kier molecular flexibility index (Phi) is 4.08. The van der Waals surface area contributed by atoms with Gasteiger partial charge in [0.2, 0.25) is 0 Å². The summed E-state index contributed by atoms with van der Waals surface area (Å²) in [6.45, 7) is 0. The molecular formula is C13H7Cl3N2. The molecule has 1 aromatic heterocycles. The van der Waals surface area contributed by atoms with E-state index in [1.54, 1.807) is 30.6 Å². The van der Waals surface area contributed by atoms with Gasteiger partial charge >= 0.3 is 0 Å². The minimum Gasteiger partial charge on any atom is -0.264 e. The van der Waals surface area contributed by atoms with Crippen LogP contribution in [0.4, 0.5) is 0 Å². The van der Waals surface area contributed by atoms with Crippen LogP contribution in [-0.4, -0.2) is 4.98 Å². The molecule has 0 bridgehead atoms. The van der Waals surface area contributed by atoms with Gasteiger partial charge in [0.05, 0.1) is 27.6 Å². The monoisotopic (exact) mass is 296 g/mol. The molecule has 2 aromatic rings. The zero-order valence-electron chi connectivity index (χ0n) is 9.12. The molecule has 2 rings (SSSR count). The molecule has 0 atom stereocenters. The van der Waals surface area contributed by atoms with Crippen molar-refractivity contribution >= 4 is 34.8 Å². The van der Waals surface area contributed by atoms with Crippen molar-refractivity contribution in [2.75, 3.05) is 0 Å². The third-order valence-corrected chi connectivity index (χ3v) is 3.52. The van der Waals surface area contributed by atoms with Crippen LogP contribution in [0, 0.1) is 11.3 Å². The lowest BCUT2D eigenvalue weighted by molar-refractivity contribution is 1.21. The molecule has 0 amide bonds. The van der Waals surface area contributed by atoms with Gasteiger partial charge in [-0.3, -0.25) is 4.98 Å². The first kappa shape index (κ1) is 13.2. The van der Waals surface area contributed by atoms with E-state index in [0.29, 0.717) is 15.1 Å². The zero-order chi connectivity index (χ0) is 13.1. The standard InChI is InChI=1S/C13H7Cl3N2/c14-11-6-13(16)12(15)5-9(11)10-7-18-4-2-8(10)1-3-17/h2,4-7H,1H2. The molecule has 0 saturated heterocycles. The summed E-state index contributed by atoms with van der Waals surface area (Å²) < 4.78 is 0. The maximum atomic E-state index is 8.81. The Hall–Kier alpha value is -1.27. The lowest BCUT2D eigenvalue weighted by Gasteiger charge is -2.09. The average Bonchev–Trinajstić information content (AvgIpc) is 2.35. The minimum atomic E-state index is 0.286. The summed E-state index contributed by atoms with van der Waals surface area (Å²) >= 11 is 18.0. The van der Waals surface area contributed by atoms with Crippen LogP contribution >= 0.6 is 34.8 Å². The van der Waals surface area contributed by atoms with Crippen molar-refractivity contribution in [3.8, 4) is 17.2 Å². The van der Waals surface area contributed by atoms with Crippen LogP contribution in [0.15, 0.2) is 30.6 Å². The Labute approximate surface area is 120 Å². The molecule has 18 heavy (non-hydrogen) atoms. The lowest BCUT2D eigenvalue weighted by atomic mass is 10.0. The fourth-order valence-corrected chi connectivity index (χ4v) is 2.28. The number of nitriles is 1. The predicted molar refractivity (Wildman–Crippen MR) is 74.0 cm³/mol. The van der Waals surface area contributed by atoms with Crippen LogP contribution in [0.5, 0.6) is 0 Å². The van der Waals surface area contributed by atoms with E-state index in [0.717, 1.165) is 16.7 Å². The maximum Gasteiger partial charge on any atom is 0.0669 e. The molecule has 0 fully saturated rings. The van der Waals surface area contributed by atoms with E-state index >= 15 is 0 Å². The molecule has 0 unspecified atom stereocenters. The van der Waals surface area contributed by atoms with Gasteiger partial charge in [-0.1, -0.05) is 34.8 Å². The highest BCUT2D eigenvalue weighted by molar-refractivity contribution is 6.44. The second-order valence-corrected chi connectivity index (χ2v) is 4.84. The van der Waals surface area contributed by atoms with Crippen molar-refractivity contribution in [2.24, 2.45) is 0 Å². The quantitative estimate of drug-likeness (QED) is 0.748. The predicted octanol–water partition coefficient (Wildman–Crippen LogP) is 4.77. The number of rotatable bonds is 2. The van der Waals surface area contributed by atoms with Gasteiger partial charge in [0.1, 0.15) is 0 Å². The fourth-order valence-electron chi connectivity index (χ4n) is 1.63. The highest BCUT2D eigenvalue weighted by Crippen LogP contribution is 2.36. The van der Waals surface area contributed by atoms with Gasteiger partial charge in [0, 0.05) is 23.5 Å². The average molecular weight is 298 g/mol. The summed E-state index contributed by atoms with van der Waals surface area (Å²) in [6.07, 6.45) is 3.59. The zero-order valence-corrected chi connectivity index (χ0v) is 11.4. The number of aromatic nitrogens is 1. The van der Waals surface area contributed by atoms with E-state index in [1.165, 1.54) is 0 Å². The van der Waals surface area contributed by atoms with Crippen LogP contribution in [-0.2, 0) is 6.42 Å². The molecule has 5 heteroatoms. The largest absolute Gasteiger partial charge is 0.264 e. The Morgan fingerprint density at radius 1 is 1.06 bits per heavy atom. The molecule has 90 valence electrons. The van der Waals surface area contributed by atoms with Gasteiger partial charge in [0.25, 0.3) is 0 Å². The molecule has 0 aliphatic carbocycles. The van der Waals surface area contributed by atoms with Crippen molar-refractivity contribution in [2.45, 2.75) is 6.42 Å². The Balaban J connectivity index is 2.62. The van der Waals surface area contributed by atoms with Crippen molar-refractivity contribution < 1.29 is 0 Å². The maximum absolute atomic E-state index is 8.81. The second-order valence-electron chi connectivity index (χ2n) is 3.61. The van der Waals surface area contributed by atoms with E-state index < -0.39 is 0 Å². The van der Waals surface area contributed by atoms with E-state index in [9.17, 15) is 0 Å². The van der Waals surface area contributed by atoms with Crippen LogP contribution in [0.1, 0.15) is 5.56 Å². The number of halogens is 3. The molecule has 0 radical (unpaired) electrons. The molecule has 0 N–H and O–H groups in total. The molecule has 0 aliphatic rings. The number of pyridine rings is 1. The SMILES string of the molecule is N#CCc1ccncc1-c1cc(Cl)c(Cl)cc1Cl. The Morgan fingerprint density at radius 2 is 1.78 bits per heavy atom. The van der Waals surface area contributed by atoms with Crippen LogP contribution in [0.3, 0.4) is 0 Å². The molecule has 0 saturated carbocycles. The first-order chi connectivity index (χ1) is 8.63. The van der Waals surface area contributed by atoms with E-state index in [-0.39, 0.29) is 6.42 Å². The highest BCUT2D eigenvalue weighted by atomic mass is 35.5. The smallest absolute Gasteiger partial charge is 0.0669 e. The molecule has 1 heterocycles. The summed E-state index contributed by atoms with van der Waals surface area (Å²) in [5.41, 5.74) is 2.37. The summed E-state index contributed by atoms with van der Waals surface area (Å²) in [5, 5.41) is 10.1. The fraction of sp³-hybridized carbons (Fsp3) is 0.0769. The second kappa shape index (κ2) is 5.58. The molecular weight excluding hydrogens is 291 g/mol. The molecule has 0 aliphatic heterocycles. The number of nitrogens with zero attached hydrogens (tertiary/aromatic N) is 2. The van der Waals surface area contributed by atoms with Crippen LogP contribution in [0.2, 0.25) is 15.1 Å². The molecule has 0 spiro atoms.